The van der Waals surface area contributed by atoms with E-state index in [9.17, 15) is 4.79 Å². The second-order valence-corrected chi connectivity index (χ2v) is 10.1. The molecule has 0 aliphatic heterocycles. The predicted octanol–water partition coefficient (Wildman–Crippen LogP) is 7.59. The lowest BCUT2D eigenvalue weighted by Gasteiger charge is -2.12. The van der Waals surface area contributed by atoms with Gasteiger partial charge in [0.1, 0.15) is 12.4 Å². The van der Waals surface area contributed by atoms with Gasteiger partial charge >= 0.3 is 0 Å². The van der Waals surface area contributed by atoms with Gasteiger partial charge in [0.2, 0.25) is 0 Å². The molecule has 6 nitrogen and oxygen atoms in total. The van der Waals surface area contributed by atoms with Gasteiger partial charge in [-0.25, -0.2) is 4.98 Å². The third-order valence-corrected chi connectivity index (χ3v) is 7.38. The molecule has 41 heavy (non-hydrogen) atoms. The Labute approximate surface area is 242 Å². The highest BCUT2D eigenvalue weighted by Crippen LogP contribution is 2.24. The van der Waals surface area contributed by atoms with Crippen molar-refractivity contribution in [3.8, 4) is 22.8 Å². The van der Waals surface area contributed by atoms with Crippen LogP contribution in [0.5, 0.6) is 5.75 Å². The number of hydrogen-bond donors (Lipinski definition) is 0. The first kappa shape index (κ1) is 26.3. The molecule has 0 N–H and O–H groups in total. The smallest absolute Gasteiger partial charge is 0.282 e. The van der Waals surface area contributed by atoms with Crippen molar-refractivity contribution < 1.29 is 4.74 Å². The Balaban J connectivity index is 1.31. The summed E-state index contributed by atoms with van der Waals surface area (Å²) >= 11 is 6.26. The van der Waals surface area contributed by atoms with E-state index < -0.39 is 0 Å². The van der Waals surface area contributed by atoms with Crippen LogP contribution in [0.4, 0.5) is 0 Å². The average molecular weight is 559 g/mol. The van der Waals surface area contributed by atoms with Gasteiger partial charge in [-0.05, 0) is 62.4 Å². The Morgan fingerprint density at radius 1 is 0.878 bits per heavy atom. The number of fused-ring (bicyclic) bond motifs is 1. The van der Waals surface area contributed by atoms with Crippen molar-refractivity contribution in [3.05, 3.63) is 147 Å². The van der Waals surface area contributed by atoms with E-state index in [-0.39, 0.29) is 5.56 Å². The minimum atomic E-state index is -0.216. The number of nitrogens with zero attached hydrogens (tertiary/aromatic N) is 4. The highest BCUT2D eigenvalue weighted by Gasteiger charge is 2.14. The van der Waals surface area contributed by atoms with E-state index in [1.54, 1.807) is 12.3 Å². The number of hydrogen-bond acceptors (Lipinski definition) is 4. The van der Waals surface area contributed by atoms with E-state index in [0.717, 1.165) is 39.5 Å². The molecule has 0 radical (unpaired) electrons. The van der Waals surface area contributed by atoms with Gasteiger partial charge < -0.3 is 9.30 Å². The Hall–Kier alpha value is -4.94. The Morgan fingerprint density at radius 2 is 1.59 bits per heavy atom. The van der Waals surface area contributed by atoms with Crippen LogP contribution in [0, 0.1) is 13.8 Å². The summed E-state index contributed by atoms with van der Waals surface area (Å²) in [6.45, 7) is 4.48. The molecule has 0 aliphatic rings. The molecule has 0 aliphatic carbocycles. The highest BCUT2D eigenvalue weighted by atomic mass is 35.5. The Kier molecular flexibility index (Phi) is 7.23. The fourth-order valence-electron chi connectivity index (χ4n) is 4.91. The molecule has 0 fully saturated rings. The molecule has 0 atom stereocenters. The van der Waals surface area contributed by atoms with Crippen molar-refractivity contribution in [1.82, 2.24) is 14.2 Å². The largest absolute Gasteiger partial charge is 0.489 e. The van der Waals surface area contributed by atoms with Crippen molar-refractivity contribution >= 4 is 28.7 Å². The summed E-state index contributed by atoms with van der Waals surface area (Å²) in [4.78, 5) is 18.3. The molecule has 202 valence electrons. The van der Waals surface area contributed by atoms with Gasteiger partial charge in [0, 0.05) is 38.8 Å². The summed E-state index contributed by atoms with van der Waals surface area (Å²) < 4.78 is 9.49. The summed E-state index contributed by atoms with van der Waals surface area (Å²) in [7, 11) is 0. The van der Waals surface area contributed by atoms with Crippen LogP contribution in [0.2, 0.25) is 5.02 Å². The van der Waals surface area contributed by atoms with E-state index in [4.69, 9.17) is 21.3 Å². The first-order chi connectivity index (χ1) is 20.0. The minimum Gasteiger partial charge on any atom is -0.489 e. The van der Waals surface area contributed by atoms with Gasteiger partial charge in [-0.15, -0.1) is 0 Å². The molecule has 4 aromatic carbocycles. The predicted molar refractivity (Wildman–Crippen MR) is 165 cm³/mol. The first-order valence-corrected chi connectivity index (χ1v) is 13.6. The van der Waals surface area contributed by atoms with Gasteiger partial charge in [0.15, 0.2) is 5.82 Å². The maximum absolute atomic E-state index is 13.5. The number of para-hydroxylation sites is 1. The molecule has 6 rings (SSSR count). The minimum absolute atomic E-state index is 0.216. The molecule has 0 unspecified atom stereocenters. The number of rotatable bonds is 7. The molecule has 7 heteroatoms. The lowest BCUT2D eigenvalue weighted by molar-refractivity contribution is 0.306. The first-order valence-electron chi connectivity index (χ1n) is 13.3. The number of halogens is 1. The standard InChI is InChI=1S/C34H27ClN4O2/c1-23-20-27(24(2)38(23)28-16-18-29(19-17-28)41-22-26-12-6-8-14-31(26)35)21-36-39-33(25-10-4-3-5-11-25)37-32-15-9-7-13-30(32)34(39)40/h3-21H,22H2,1-2H3. The third kappa shape index (κ3) is 5.30. The number of ether oxygens (including phenoxy) is 1. The molecule has 6 aromatic rings. The number of benzene rings is 4. The lowest BCUT2D eigenvalue weighted by Crippen LogP contribution is -2.20. The van der Waals surface area contributed by atoms with Gasteiger partial charge in [0.25, 0.3) is 5.56 Å². The maximum atomic E-state index is 13.5. The Bertz CT molecular complexity index is 1940. The molecule has 0 amide bonds. The highest BCUT2D eigenvalue weighted by molar-refractivity contribution is 6.31. The fourth-order valence-corrected chi connectivity index (χ4v) is 5.10. The zero-order valence-corrected chi connectivity index (χ0v) is 23.4. The molecular formula is C34H27ClN4O2. The summed E-state index contributed by atoms with van der Waals surface area (Å²) in [5.41, 5.74) is 6.12. The van der Waals surface area contributed by atoms with Crippen LogP contribution in [-0.2, 0) is 6.61 Å². The van der Waals surface area contributed by atoms with Crippen molar-refractivity contribution in [3.63, 3.8) is 0 Å². The molecule has 0 saturated heterocycles. The van der Waals surface area contributed by atoms with Gasteiger partial charge in [-0.1, -0.05) is 72.3 Å². The van der Waals surface area contributed by atoms with Crippen LogP contribution in [0.15, 0.2) is 119 Å². The van der Waals surface area contributed by atoms with Crippen LogP contribution in [-0.4, -0.2) is 20.4 Å². The zero-order chi connectivity index (χ0) is 28.3. The molecule has 0 bridgehead atoms. The number of aryl methyl sites for hydroxylation is 1. The summed E-state index contributed by atoms with van der Waals surface area (Å²) in [6, 6.07) is 34.6. The van der Waals surface area contributed by atoms with Crippen molar-refractivity contribution in [1.29, 1.82) is 0 Å². The van der Waals surface area contributed by atoms with Gasteiger partial charge in [-0.3, -0.25) is 4.79 Å². The van der Waals surface area contributed by atoms with Crippen LogP contribution < -0.4 is 10.3 Å². The quantitative estimate of drug-likeness (QED) is 0.190. The van der Waals surface area contributed by atoms with Gasteiger partial charge in [0.05, 0.1) is 17.1 Å². The second-order valence-electron chi connectivity index (χ2n) is 9.72. The fraction of sp³-hybridized carbons (Fsp3) is 0.0882. The second kappa shape index (κ2) is 11.3. The monoisotopic (exact) mass is 558 g/mol. The van der Waals surface area contributed by atoms with E-state index in [1.807, 2.05) is 111 Å². The average Bonchev–Trinajstić information content (AvgIpc) is 3.29. The normalized spacial score (nSPS) is 11.4. The summed E-state index contributed by atoms with van der Waals surface area (Å²) in [6.07, 6.45) is 1.73. The van der Waals surface area contributed by atoms with E-state index in [0.29, 0.717) is 28.4 Å². The summed E-state index contributed by atoms with van der Waals surface area (Å²) in [5, 5.41) is 5.87. The van der Waals surface area contributed by atoms with E-state index in [2.05, 4.69) is 15.7 Å². The molecule has 0 spiro atoms. The Morgan fingerprint density at radius 3 is 2.37 bits per heavy atom. The van der Waals surface area contributed by atoms with Crippen LogP contribution in [0.1, 0.15) is 22.5 Å². The SMILES string of the molecule is Cc1cc(C=Nn2c(-c3ccccc3)nc3ccccc3c2=O)c(C)n1-c1ccc(OCc2ccccc2Cl)cc1. The van der Waals surface area contributed by atoms with Crippen LogP contribution >= 0.6 is 11.6 Å². The van der Waals surface area contributed by atoms with Crippen molar-refractivity contribution in [2.45, 2.75) is 20.5 Å². The zero-order valence-electron chi connectivity index (χ0n) is 22.7. The van der Waals surface area contributed by atoms with Crippen molar-refractivity contribution in [2.75, 3.05) is 0 Å². The topological polar surface area (TPSA) is 61.4 Å². The molecular weight excluding hydrogens is 532 g/mol. The maximum Gasteiger partial charge on any atom is 0.282 e. The molecule has 2 heterocycles. The summed E-state index contributed by atoms with van der Waals surface area (Å²) in [5.74, 6) is 1.25. The van der Waals surface area contributed by atoms with Crippen LogP contribution in [0.3, 0.4) is 0 Å². The van der Waals surface area contributed by atoms with Crippen LogP contribution in [0.25, 0.3) is 28.0 Å². The van der Waals surface area contributed by atoms with Crippen molar-refractivity contribution in [2.24, 2.45) is 5.10 Å². The molecule has 2 aromatic heterocycles. The lowest BCUT2D eigenvalue weighted by atomic mass is 10.2. The van der Waals surface area contributed by atoms with E-state index >= 15 is 0 Å². The number of aromatic nitrogens is 3. The molecule has 0 saturated carbocycles. The van der Waals surface area contributed by atoms with E-state index in [1.165, 1.54) is 4.68 Å². The third-order valence-electron chi connectivity index (χ3n) is 7.02. The van der Waals surface area contributed by atoms with Gasteiger partial charge in [-0.2, -0.15) is 9.78 Å².